The average Bonchev–Trinajstić information content (AvgIpc) is 3.69. The fraction of sp³-hybridized carbons (Fsp3) is 0.438. The second kappa shape index (κ2) is 12.2. The van der Waals surface area contributed by atoms with Crippen LogP contribution < -0.4 is 20.1 Å². The van der Waals surface area contributed by atoms with Crippen molar-refractivity contribution in [2.75, 3.05) is 26.3 Å². The highest BCUT2D eigenvalue weighted by atomic mass is 35.5. The number of amides is 3. The first kappa shape index (κ1) is 30.2. The Morgan fingerprint density at radius 1 is 1.09 bits per heavy atom. The van der Waals surface area contributed by atoms with Gasteiger partial charge >= 0.3 is 6.09 Å². The molecule has 0 aromatic heterocycles. The lowest BCUT2D eigenvalue weighted by Gasteiger charge is -2.40. The standard InChI is InChI=1S/C32H35ClN4O6/c1-31(2,3)43-30(40)37-17-22(18-37)21-7-9-26-23(16-21)28(38)35-25(29(39)36-32(19-34)10-11-32)15-20-6-8-27(24(33)14-20)42-13-5-4-12-41-26/h4-9,14,16,22,25H,10-13,15,17-18H2,1-3H3,(H,35,38)(H,36,39)/t25-/m0/s1. The summed E-state index contributed by atoms with van der Waals surface area (Å²) in [5.41, 5.74) is 0.341. The fourth-order valence-electron chi connectivity index (χ4n) is 4.86. The largest absolute Gasteiger partial charge is 0.489 e. The number of likely N-dealkylation sites (tertiary alicyclic amines) is 1. The zero-order chi connectivity index (χ0) is 30.8. The number of nitrogens with zero attached hydrogens (tertiary/aromatic N) is 2. The summed E-state index contributed by atoms with van der Waals surface area (Å²) in [7, 11) is 0. The monoisotopic (exact) mass is 606 g/mol. The van der Waals surface area contributed by atoms with Crippen LogP contribution in [-0.2, 0) is 16.0 Å². The zero-order valence-electron chi connectivity index (χ0n) is 24.4. The quantitative estimate of drug-likeness (QED) is 0.492. The third-order valence-electron chi connectivity index (χ3n) is 7.47. The molecule has 1 atom stereocenters. The van der Waals surface area contributed by atoms with Gasteiger partial charge in [0.05, 0.1) is 16.7 Å². The van der Waals surface area contributed by atoms with Gasteiger partial charge in [0.1, 0.15) is 41.9 Å². The van der Waals surface area contributed by atoms with E-state index in [2.05, 4.69) is 16.7 Å². The lowest BCUT2D eigenvalue weighted by molar-refractivity contribution is -0.123. The van der Waals surface area contributed by atoms with Gasteiger partial charge in [-0.3, -0.25) is 9.59 Å². The molecule has 11 heteroatoms. The van der Waals surface area contributed by atoms with Crippen molar-refractivity contribution in [1.29, 1.82) is 5.26 Å². The predicted octanol–water partition coefficient (Wildman–Crippen LogP) is 4.52. The lowest BCUT2D eigenvalue weighted by Crippen LogP contribution is -2.51. The molecule has 0 radical (unpaired) electrons. The van der Waals surface area contributed by atoms with E-state index in [1.54, 1.807) is 47.4 Å². The summed E-state index contributed by atoms with van der Waals surface area (Å²) in [5, 5.41) is 15.6. The highest BCUT2D eigenvalue weighted by molar-refractivity contribution is 6.32. The second-order valence-electron chi connectivity index (χ2n) is 12.1. The SMILES string of the molecule is CC(C)(C)OC(=O)N1CC(c2ccc3c(c2)C(=O)N[C@H](C(=O)NC2(C#N)CC2)Cc2ccc(c(Cl)c2)OCC=CCO3)C1. The first-order valence-corrected chi connectivity index (χ1v) is 14.7. The van der Waals surface area contributed by atoms with E-state index in [1.807, 2.05) is 26.8 Å². The van der Waals surface area contributed by atoms with E-state index in [4.69, 9.17) is 25.8 Å². The van der Waals surface area contributed by atoms with Crippen LogP contribution in [0.25, 0.3) is 0 Å². The van der Waals surface area contributed by atoms with Gasteiger partial charge in [0.25, 0.3) is 5.91 Å². The Labute approximate surface area is 255 Å². The Kier molecular flexibility index (Phi) is 8.56. The van der Waals surface area contributed by atoms with Crippen LogP contribution in [0, 0.1) is 11.3 Å². The molecule has 4 aliphatic rings. The van der Waals surface area contributed by atoms with E-state index in [0.29, 0.717) is 48.0 Å². The number of benzene rings is 2. The van der Waals surface area contributed by atoms with E-state index in [-0.39, 0.29) is 37.2 Å². The average molecular weight is 607 g/mol. The minimum atomic E-state index is -0.989. The predicted molar refractivity (Wildman–Crippen MR) is 159 cm³/mol. The van der Waals surface area contributed by atoms with Gasteiger partial charge < -0.3 is 29.7 Å². The molecular weight excluding hydrogens is 572 g/mol. The van der Waals surface area contributed by atoms with Crippen LogP contribution >= 0.6 is 11.6 Å². The Morgan fingerprint density at radius 3 is 2.40 bits per heavy atom. The lowest BCUT2D eigenvalue weighted by atomic mass is 9.90. The van der Waals surface area contributed by atoms with Gasteiger partial charge in [-0.2, -0.15) is 5.26 Å². The maximum atomic E-state index is 13.8. The molecule has 226 valence electrons. The van der Waals surface area contributed by atoms with Gasteiger partial charge in [0.15, 0.2) is 0 Å². The molecule has 1 saturated heterocycles. The van der Waals surface area contributed by atoms with E-state index >= 15 is 0 Å². The molecule has 2 fully saturated rings. The molecule has 3 amide bonds. The van der Waals surface area contributed by atoms with E-state index in [0.717, 1.165) is 5.56 Å². The van der Waals surface area contributed by atoms with Gasteiger partial charge in [-0.05, 0) is 81.2 Å². The minimum absolute atomic E-state index is 0.00752. The number of nitriles is 1. The third kappa shape index (κ3) is 7.41. The maximum Gasteiger partial charge on any atom is 0.410 e. The van der Waals surface area contributed by atoms with E-state index < -0.39 is 29.0 Å². The summed E-state index contributed by atoms with van der Waals surface area (Å²) in [5.74, 6) is -0.104. The molecule has 6 rings (SSSR count). The number of nitrogens with one attached hydrogen (secondary N) is 2. The highest BCUT2D eigenvalue weighted by Crippen LogP contribution is 2.35. The zero-order valence-corrected chi connectivity index (χ0v) is 25.2. The van der Waals surface area contributed by atoms with Crippen LogP contribution in [0.4, 0.5) is 4.79 Å². The first-order valence-electron chi connectivity index (χ1n) is 14.3. The molecule has 3 heterocycles. The molecular formula is C32H35ClN4O6. The molecule has 2 N–H and O–H groups in total. The Bertz CT molecular complexity index is 1480. The molecule has 10 nitrogen and oxygen atoms in total. The topological polar surface area (TPSA) is 130 Å². The van der Waals surface area contributed by atoms with Crippen molar-refractivity contribution in [1.82, 2.24) is 15.5 Å². The molecule has 1 saturated carbocycles. The second-order valence-corrected chi connectivity index (χ2v) is 12.5. The molecule has 1 aliphatic carbocycles. The van der Waals surface area contributed by atoms with Crippen LogP contribution in [0.3, 0.4) is 0 Å². The molecule has 2 aromatic carbocycles. The van der Waals surface area contributed by atoms with Crippen LogP contribution in [-0.4, -0.2) is 66.3 Å². The highest BCUT2D eigenvalue weighted by Gasteiger charge is 2.46. The fourth-order valence-corrected chi connectivity index (χ4v) is 5.12. The summed E-state index contributed by atoms with van der Waals surface area (Å²) < 4.78 is 17.2. The molecule has 43 heavy (non-hydrogen) atoms. The summed E-state index contributed by atoms with van der Waals surface area (Å²) in [6.07, 6.45) is 4.46. The van der Waals surface area contributed by atoms with Crippen LogP contribution in [0.1, 0.15) is 61.0 Å². The number of carbonyl (C=O) groups is 3. The van der Waals surface area contributed by atoms with Gasteiger partial charge in [-0.15, -0.1) is 0 Å². The van der Waals surface area contributed by atoms with Crippen molar-refractivity contribution >= 4 is 29.5 Å². The van der Waals surface area contributed by atoms with Gasteiger partial charge in [0, 0.05) is 25.4 Å². The summed E-state index contributed by atoms with van der Waals surface area (Å²) in [6, 6.07) is 11.8. The van der Waals surface area contributed by atoms with Crippen molar-refractivity contribution in [2.24, 2.45) is 0 Å². The molecule has 3 aliphatic heterocycles. The Morgan fingerprint density at radius 2 is 1.77 bits per heavy atom. The number of hydrogen-bond acceptors (Lipinski definition) is 7. The molecule has 0 spiro atoms. The van der Waals surface area contributed by atoms with Crippen LogP contribution in [0.5, 0.6) is 11.5 Å². The van der Waals surface area contributed by atoms with Crippen molar-refractivity contribution in [3.8, 4) is 17.6 Å². The van der Waals surface area contributed by atoms with Crippen LogP contribution in [0.2, 0.25) is 5.02 Å². The Balaban J connectivity index is 1.41. The van der Waals surface area contributed by atoms with Crippen molar-refractivity contribution in [3.63, 3.8) is 0 Å². The van der Waals surface area contributed by atoms with Gasteiger partial charge in [-0.1, -0.05) is 23.7 Å². The number of halogens is 1. The summed E-state index contributed by atoms with van der Waals surface area (Å²) in [4.78, 5) is 41.3. The number of carbonyl (C=O) groups excluding carboxylic acids is 3. The molecule has 2 aromatic rings. The number of hydrogen-bond donors (Lipinski definition) is 2. The summed E-state index contributed by atoms with van der Waals surface area (Å²) >= 11 is 6.45. The third-order valence-corrected chi connectivity index (χ3v) is 7.77. The smallest absolute Gasteiger partial charge is 0.410 e. The Hall–Kier alpha value is -4.23. The molecule has 0 unspecified atom stereocenters. The normalized spacial score (nSPS) is 19.9. The number of fused-ring (bicyclic) bond motifs is 9. The van der Waals surface area contributed by atoms with Crippen molar-refractivity contribution in [2.45, 2.75) is 63.1 Å². The van der Waals surface area contributed by atoms with E-state index in [9.17, 15) is 19.6 Å². The maximum absolute atomic E-state index is 13.8. The van der Waals surface area contributed by atoms with Crippen molar-refractivity contribution < 1.29 is 28.6 Å². The van der Waals surface area contributed by atoms with Crippen molar-refractivity contribution in [3.05, 3.63) is 70.3 Å². The van der Waals surface area contributed by atoms with Gasteiger partial charge in [-0.25, -0.2) is 4.79 Å². The molecule has 2 bridgehead atoms. The van der Waals surface area contributed by atoms with Crippen LogP contribution in [0.15, 0.2) is 48.6 Å². The summed E-state index contributed by atoms with van der Waals surface area (Å²) in [6.45, 7) is 6.83. The number of rotatable bonds is 3. The van der Waals surface area contributed by atoms with E-state index in [1.165, 1.54) is 0 Å². The van der Waals surface area contributed by atoms with Gasteiger partial charge in [0.2, 0.25) is 5.91 Å². The first-order chi connectivity index (χ1) is 20.4. The number of ether oxygens (including phenoxy) is 3. The minimum Gasteiger partial charge on any atom is -0.489 e.